The van der Waals surface area contributed by atoms with Crippen LogP contribution in [-0.4, -0.2) is 35.7 Å². The standard InChI is InChI=1S/C15H29NO/c1-11-4-6-16(7-5-11)10-14-13(3)8-12(2)9-15(14)17/h11-15,17H,4-10H2,1-3H3. The molecule has 2 rings (SSSR count). The lowest BCUT2D eigenvalue weighted by atomic mass is 9.73. The Hall–Kier alpha value is -0.0800. The van der Waals surface area contributed by atoms with Gasteiger partial charge in [-0.05, 0) is 56.5 Å². The summed E-state index contributed by atoms with van der Waals surface area (Å²) in [6.07, 6.45) is 4.93. The van der Waals surface area contributed by atoms with E-state index >= 15 is 0 Å². The molecule has 4 atom stereocenters. The highest BCUT2D eigenvalue weighted by molar-refractivity contribution is 4.85. The number of likely N-dealkylation sites (tertiary alicyclic amines) is 1. The molecule has 17 heavy (non-hydrogen) atoms. The third kappa shape index (κ3) is 3.45. The molecular formula is C15H29NO. The normalized spacial score (nSPS) is 41.6. The molecular weight excluding hydrogens is 210 g/mol. The van der Waals surface area contributed by atoms with Crippen LogP contribution in [0.4, 0.5) is 0 Å². The number of rotatable bonds is 2. The monoisotopic (exact) mass is 239 g/mol. The molecule has 0 radical (unpaired) electrons. The van der Waals surface area contributed by atoms with Crippen molar-refractivity contribution in [3.05, 3.63) is 0 Å². The Morgan fingerprint density at radius 3 is 2.24 bits per heavy atom. The Morgan fingerprint density at radius 2 is 1.65 bits per heavy atom. The molecule has 1 saturated heterocycles. The quantitative estimate of drug-likeness (QED) is 0.801. The number of nitrogens with zero attached hydrogens (tertiary/aromatic N) is 1. The summed E-state index contributed by atoms with van der Waals surface area (Å²) < 4.78 is 0. The predicted molar refractivity (Wildman–Crippen MR) is 71.9 cm³/mol. The number of hydrogen-bond acceptors (Lipinski definition) is 2. The van der Waals surface area contributed by atoms with E-state index in [1.807, 2.05) is 0 Å². The van der Waals surface area contributed by atoms with Crippen LogP contribution in [0.1, 0.15) is 46.5 Å². The second kappa shape index (κ2) is 5.71. The fraction of sp³-hybridized carbons (Fsp3) is 1.00. The fourth-order valence-corrected chi connectivity index (χ4v) is 3.72. The first-order valence-corrected chi connectivity index (χ1v) is 7.46. The van der Waals surface area contributed by atoms with Gasteiger partial charge < -0.3 is 10.0 Å². The second-order valence-electron chi connectivity index (χ2n) is 6.77. The molecule has 2 fully saturated rings. The average molecular weight is 239 g/mol. The van der Waals surface area contributed by atoms with Crippen LogP contribution in [0.3, 0.4) is 0 Å². The SMILES string of the molecule is CC1CCN(CC2C(C)CC(C)CC2O)CC1. The van der Waals surface area contributed by atoms with Gasteiger partial charge in [0.1, 0.15) is 0 Å². The van der Waals surface area contributed by atoms with E-state index in [-0.39, 0.29) is 6.10 Å². The third-order valence-electron chi connectivity index (χ3n) is 4.99. The van der Waals surface area contributed by atoms with Gasteiger partial charge in [0.15, 0.2) is 0 Å². The van der Waals surface area contributed by atoms with E-state index in [4.69, 9.17) is 0 Å². The highest BCUT2D eigenvalue weighted by atomic mass is 16.3. The Morgan fingerprint density at radius 1 is 1.00 bits per heavy atom. The van der Waals surface area contributed by atoms with Crippen molar-refractivity contribution in [1.29, 1.82) is 0 Å². The maximum Gasteiger partial charge on any atom is 0.0585 e. The number of hydrogen-bond donors (Lipinski definition) is 1. The first-order chi connectivity index (χ1) is 8.06. The van der Waals surface area contributed by atoms with Gasteiger partial charge in [-0.3, -0.25) is 0 Å². The van der Waals surface area contributed by atoms with Crippen molar-refractivity contribution in [2.24, 2.45) is 23.7 Å². The molecule has 0 amide bonds. The minimum Gasteiger partial charge on any atom is -0.393 e. The third-order valence-corrected chi connectivity index (χ3v) is 4.99. The van der Waals surface area contributed by atoms with Crippen LogP contribution in [0.5, 0.6) is 0 Å². The summed E-state index contributed by atoms with van der Waals surface area (Å²) in [6, 6.07) is 0. The van der Waals surface area contributed by atoms with Gasteiger partial charge in [0.25, 0.3) is 0 Å². The minimum absolute atomic E-state index is 0.0619. The van der Waals surface area contributed by atoms with Crippen LogP contribution >= 0.6 is 0 Å². The van der Waals surface area contributed by atoms with Crippen LogP contribution in [0, 0.1) is 23.7 Å². The zero-order valence-corrected chi connectivity index (χ0v) is 11.7. The van der Waals surface area contributed by atoms with E-state index in [9.17, 15) is 5.11 Å². The van der Waals surface area contributed by atoms with Crippen LogP contribution in [0.25, 0.3) is 0 Å². The van der Waals surface area contributed by atoms with Gasteiger partial charge in [-0.15, -0.1) is 0 Å². The lowest BCUT2D eigenvalue weighted by Crippen LogP contribution is -2.44. The molecule has 0 aromatic rings. The summed E-state index contributed by atoms with van der Waals surface area (Å²) in [4.78, 5) is 2.58. The van der Waals surface area contributed by atoms with Crippen molar-refractivity contribution in [3.63, 3.8) is 0 Å². The molecule has 2 heteroatoms. The first-order valence-electron chi connectivity index (χ1n) is 7.46. The van der Waals surface area contributed by atoms with Gasteiger partial charge in [-0.25, -0.2) is 0 Å². The number of aliphatic hydroxyl groups is 1. The van der Waals surface area contributed by atoms with Crippen LogP contribution < -0.4 is 0 Å². The van der Waals surface area contributed by atoms with E-state index in [0.717, 1.165) is 18.9 Å². The van der Waals surface area contributed by atoms with E-state index in [1.54, 1.807) is 0 Å². The van der Waals surface area contributed by atoms with E-state index in [1.165, 1.54) is 32.4 Å². The molecule has 2 nitrogen and oxygen atoms in total. The van der Waals surface area contributed by atoms with Crippen LogP contribution in [0.15, 0.2) is 0 Å². The van der Waals surface area contributed by atoms with Crippen molar-refractivity contribution in [1.82, 2.24) is 4.90 Å². The summed E-state index contributed by atoms with van der Waals surface area (Å²) in [5, 5.41) is 10.3. The topological polar surface area (TPSA) is 23.5 Å². The Balaban J connectivity index is 1.85. The zero-order valence-electron chi connectivity index (χ0n) is 11.7. The van der Waals surface area contributed by atoms with Gasteiger partial charge >= 0.3 is 0 Å². The highest BCUT2D eigenvalue weighted by Gasteiger charge is 2.34. The summed E-state index contributed by atoms with van der Waals surface area (Å²) in [5.41, 5.74) is 0. The van der Waals surface area contributed by atoms with Crippen molar-refractivity contribution < 1.29 is 5.11 Å². The second-order valence-corrected chi connectivity index (χ2v) is 6.77. The first kappa shape index (κ1) is 13.4. The van der Waals surface area contributed by atoms with Gasteiger partial charge in [0.2, 0.25) is 0 Å². The lowest BCUT2D eigenvalue weighted by molar-refractivity contribution is -0.00651. The Labute approximate surface area is 106 Å². The van der Waals surface area contributed by atoms with E-state index in [2.05, 4.69) is 25.7 Å². The van der Waals surface area contributed by atoms with Crippen molar-refractivity contribution >= 4 is 0 Å². The molecule has 0 bridgehead atoms. The Bertz CT molecular complexity index is 223. The maximum atomic E-state index is 10.3. The Kier molecular flexibility index (Phi) is 4.48. The van der Waals surface area contributed by atoms with Gasteiger partial charge in [0, 0.05) is 12.5 Å². The summed E-state index contributed by atoms with van der Waals surface area (Å²) >= 11 is 0. The summed E-state index contributed by atoms with van der Waals surface area (Å²) in [7, 11) is 0. The zero-order chi connectivity index (χ0) is 12.4. The van der Waals surface area contributed by atoms with Crippen molar-refractivity contribution in [3.8, 4) is 0 Å². The molecule has 1 aliphatic heterocycles. The minimum atomic E-state index is -0.0619. The largest absolute Gasteiger partial charge is 0.393 e. The molecule has 1 heterocycles. The maximum absolute atomic E-state index is 10.3. The number of piperidine rings is 1. The molecule has 2 aliphatic rings. The number of aliphatic hydroxyl groups excluding tert-OH is 1. The van der Waals surface area contributed by atoms with E-state index in [0.29, 0.717) is 17.8 Å². The van der Waals surface area contributed by atoms with Crippen LogP contribution in [0.2, 0.25) is 0 Å². The summed E-state index contributed by atoms with van der Waals surface area (Å²) in [6.45, 7) is 10.6. The van der Waals surface area contributed by atoms with Crippen molar-refractivity contribution in [2.45, 2.75) is 52.6 Å². The molecule has 1 saturated carbocycles. The molecule has 4 unspecified atom stereocenters. The van der Waals surface area contributed by atoms with Gasteiger partial charge in [-0.1, -0.05) is 20.8 Å². The fourth-order valence-electron chi connectivity index (χ4n) is 3.72. The molecule has 0 aromatic heterocycles. The lowest BCUT2D eigenvalue weighted by Gasteiger charge is -2.41. The summed E-state index contributed by atoms with van der Waals surface area (Å²) in [5.74, 6) is 2.81. The van der Waals surface area contributed by atoms with Gasteiger partial charge in [0.05, 0.1) is 6.10 Å². The molecule has 1 aliphatic carbocycles. The van der Waals surface area contributed by atoms with Crippen molar-refractivity contribution in [2.75, 3.05) is 19.6 Å². The molecule has 100 valence electrons. The molecule has 0 spiro atoms. The average Bonchev–Trinajstić information content (AvgIpc) is 2.26. The predicted octanol–water partition coefficient (Wildman–Crippen LogP) is 2.76. The smallest absolute Gasteiger partial charge is 0.0585 e. The van der Waals surface area contributed by atoms with Gasteiger partial charge in [-0.2, -0.15) is 0 Å². The highest BCUT2D eigenvalue weighted by Crippen LogP contribution is 2.34. The molecule has 1 N–H and O–H groups in total. The van der Waals surface area contributed by atoms with Crippen LogP contribution in [-0.2, 0) is 0 Å². The molecule has 0 aromatic carbocycles. The van der Waals surface area contributed by atoms with E-state index < -0.39 is 0 Å².